The van der Waals surface area contributed by atoms with E-state index in [1.807, 2.05) is 18.3 Å². The number of nitro groups is 1. The van der Waals surface area contributed by atoms with Gasteiger partial charge in [0.2, 0.25) is 0 Å². The van der Waals surface area contributed by atoms with Crippen LogP contribution in [0.2, 0.25) is 0 Å². The molecule has 6 nitrogen and oxygen atoms in total. The van der Waals surface area contributed by atoms with Crippen molar-refractivity contribution in [2.24, 2.45) is 0 Å². The summed E-state index contributed by atoms with van der Waals surface area (Å²) in [5, 5.41) is 14.7. The van der Waals surface area contributed by atoms with Crippen LogP contribution < -0.4 is 4.74 Å². The third kappa shape index (κ3) is 2.11. The molecule has 2 heterocycles. The van der Waals surface area contributed by atoms with E-state index in [1.165, 1.54) is 12.1 Å². The van der Waals surface area contributed by atoms with Crippen molar-refractivity contribution in [3.63, 3.8) is 0 Å². The second-order valence-corrected chi connectivity index (χ2v) is 3.89. The molecule has 0 unspecified atom stereocenters. The highest BCUT2D eigenvalue weighted by Gasteiger charge is 2.07. The number of nitrogens with zero attached hydrogens (tertiary/aromatic N) is 3. The van der Waals surface area contributed by atoms with Crippen LogP contribution in [0.25, 0.3) is 5.52 Å². The Labute approximate surface area is 108 Å². The summed E-state index contributed by atoms with van der Waals surface area (Å²) in [5.74, 6) is 1.19. The van der Waals surface area contributed by atoms with Crippen molar-refractivity contribution in [3.8, 4) is 11.5 Å². The molecule has 1 aromatic carbocycles. The Morgan fingerprint density at radius 3 is 2.68 bits per heavy atom. The summed E-state index contributed by atoms with van der Waals surface area (Å²) in [6.45, 7) is 0. The average Bonchev–Trinajstić information content (AvgIpc) is 2.89. The van der Waals surface area contributed by atoms with E-state index in [0.29, 0.717) is 11.5 Å². The first-order chi connectivity index (χ1) is 9.24. The molecule has 0 saturated carbocycles. The van der Waals surface area contributed by atoms with Crippen LogP contribution >= 0.6 is 0 Å². The normalized spacial score (nSPS) is 10.5. The molecule has 0 aliphatic carbocycles. The van der Waals surface area contributed by atoms with Crippen molar-refractivity contribution in [1.82, 2.24) is 9.61 Å². The number of nitro benzene ring substituents is 1. The molecule has 0 aliphatic rings. The third-order valence-electron chi connectivity index (χ3n) is 2.67. The highest BCUT2D eigenvalue weighted by Crippen LogP contribution is 2.26. The minimum absolute atomic E-state index is 0.0370. The van der Waals surface area contributed by atoms with Gasteiger partial charge in [0.1, 0.15) is 11.3 Å². The SMILES string of the molecule is O=[N+]([O-])c1ccc(Oc2ccnn3cccc23)cc1. The van der Waals surface area contributed by atoms with Gasteiger partial charge in [-0.1, -0.05) is 0 Å². The van der Waals surface area contributed by atoms with Gasteiger partial charge in [-0.15, -0.1) is 0 Å². The molecule has 3 rings (SSSR count). The Hall–Kier alpha value is -2.89. The van der Waals surface area contributed by atoms with E-state index in [2.05, 4.69) is 5.10 Å². The average molecular weight is 255 g/mol. The summed E-state index contributed by atoms with van der Waals surface area (Å²) in [6, 6.07) is 11.4. The van der Waals surface area contributed by atoms with Crippen molar-refractivity contribution in [1.29, 1.82) is 0 Å². The summed E-state index contributed by atoms with van der Waals surface area (Å²) in [5.41, 5.74) is 0.871. The van der Waals surface area contributed by atoms with Crippen LogP contribution in [0, 0.1) is 10.1 Å². The van der Waals surface area contributed by atoms with Crippen LogP contribution in [0.3, 0.4) is 0 Å². The molecule has 94 valence electrons. The van der Waals surface area contributed by atoms with Crippen LogP contribution in [0.15, 0.2) is 54.9 Å². The maximum Gasteiger partial charge on any atom is 0.269 e. The second kappa shape index (κ2) is 4.41. The number of rotatable bonds is 3. The topological polar surface area (TPSA) is 69.7 Å². The Balaban J connectivity index is 1.92. The minimum atomic E-state index is -0.443. The van der Waals surface area contributed by atoms with Gasteiger partial charge in [0.05, 0.1) is 11.1 Å². The lowest BCUT2D eigenvalue weighted by Crippen LogP contribution is -1.92. The predicted octanol–water partition coefficient (Wildman–Crippen LogP) is 3.03. The summed E-state index contributed by atoms with van der Waals surface area (Å²) in [4.78, 5) is 10.1. The van der Waals surface area contributed by atoms with Gasteiger partial charge in [-0.2, -0.15) is 5.10 Å². The van der Waals surface area contributed by atoms with E-state index in [1.54, 1.807) is 28.9 Å². The van der Waals surface area contributed by atoms with E-state index in [4.69, 9.17) is 4.74 Å². The maximum absolute atomic E-state index is 10.6. The zero-order valence-electron chi connectivity index (χ0n) is 9.76. The van der Waals surface area contributed by atoms with Crippen LogP contribution in [0.1, 0.15) is 0 Å². The quantitative estimate of drug-likeness (QED) is 0.532. The van der Waals surface area contributed by atoms with E-state index in [-0.39, 0.29) is 5.69 Å². The Kier molecular flexibility index (Phi) is 2.60. The number of fused-ring (bicyclic) bond motifs is 1. The van der Waals surface area contributed by atoms with Crippen molar-refractivity contribution < 1.29 is 9.66 Å². The largest absolute Gasteiger partial charge is 0.455 e. The first-order valence-electron chi connectivity index (χ1n) is 5.59. The number of benzene rings is 1. The Bertz CT molecular complexity index is 734. The van der Waals surface area contributed by atoms with Gasteiger partial charge < -0.3 is 4.74 Å². The molecule has 0 fully saturated rings. The lowest BCUT2D eigenvalue weighted by molar-refractivity contribution is -0.384. The van der Waals surface area contributed by atoms with Crippen LogP contribution in [0.4, 0.5) is 5.69 Å². The zero-order chi connectivity index (χ0) is 13.2. The predicted molar refractivity (Wildman–Crippen MR) is 68.4 cm³/mol. The van der Waals surface area contributed by atoms with Gasteiger partial charge in [0.15, 0.2) is 5.75 Å². The second-order valence-electron chi connectivity index (χ2n) is 3.89. The van der Waals surface area contributed by atoms with Crippen LogP contribution in [-0.4, -0.2) is 14.5 Å². The van der Waals surface area contributed by atoms with Gasteiger partial charge in [0, 0.05) is 24.4 Å². The lowest BCUT2D eigenvalue weighted by atomic mass is 10.3. The molecule has 19 heavy (non-hydrogen) atoms. The number of ether oxygens (including phenoxy) is 1. The molecule has 0 atom stereocenters. The van der Waals surface area contributed by atoms with Gasteiger partial charge >= 0.3 is 0 Å². The third-order valence-corrected chi connectivity index (χ3v) is 2.67. The van der Waals surface area contributed by atoms with Gasteiger partial charge in [-0.25, -0.2) is 4.52 Å². The summed E-state index contributed by atoms with van der Waals surface area (Å²) >= 11 is 0. The highest BCUT2D eigenvalue weighted by molar-refractivity contribution is 5.60. The molecular weight excluding hydrogens is 246 g/mol. The van der Waals surface area contributed by atoms with E-state index >= 15 is 0 Å². The van der Waals surface area contributed by atoms with E-state index < -0.39 is 4.92 Å². The maximum atomic E-state index is 10.6. The molecule has 0 N–H and O–H groups in total. The monoisotopic (exact) mass is 255 g/mol. The first kappa shape index (κ1) is 11.2. The van der Waals surface area contributed by atoms with Crippen LogP contribution in [0.5, 0.6) is 11.5 Å². The zero-order valence-corrected chi connectivity index (χ0v) is 9.76. The van der Waals surface area contributed by atoms with Gasteiger partial charge in [-0.05, 0) is 24.3 Å². The molecule has 0 aliphatic heterocycles. The molecule has 0 amide bonds. The molecule has 3 aromatic rings. The van der Waals surface area contributed by atoms with Crippen molar-refractivity contribution in [2.45, 2.75) is 0 Å². The molecule has 0 spiro atoms. The van der Waals surface area contributed by atoms with Crippen molar-refractivity contribution in [3.05, 3.63) is 65.0 Å². The van der Waals surface area contributed by atoms with Crippen LogP contribution in [-0.2, 0) is 0 Å². The fourth-order valence-electron chi connectivity index (χ4n) is 1.78. The number of hydrogen-bond donors (Lipinski definition) is 0. The number of non-ortho nitro benzene ring substituents is 1. The number of hydrogen-bond acceptors (Lipinski definition) is 4. The van der Waals surface area contributed by atoms with Gasteiger partial charge in [0.25, 0.3) is 5.69 Å². The Morgan fingerprint density at radius 2 is 1.95 bits per heavy atom. The van der Waals surface area contributed by atoms with Crippen molar-refractivity contribution in [2.75, 3.05) is 0 Å². The summed E-state index contributed by atoms with van der Waals surface area (Å²) in [7, 11) is 0. The molecule has 0 radical (unpaired) electrons. The fourth-order valence-corrected chi connectivity index (χ4v) is 1.78. The standard InChI is InChI=1S/C13H9N3O3/c17-16(18)10-3-5-11(6-4-10)19-13-7-8-14-15-9-1-2-12(13)15/h1-9H. The minimum Gasteiger partial charge on any atom is -0.455 e. The summed E-state index contributed by atoms with van der Waals surface area (Å²) in [6.07, 6.45) is 3.45. The summed E-state index contributed by atoms with van der Waals surface area (Å²) < 4.78 is 7.40. The lowest BCUT2D eigenvalue weighted by Gasteiger charge is -2.06. The van der Waals surface area contributed by atoms with Gasteiger partial charge in [-0.3, -0.25) is 10.1 Å². The molecule has 0 saturated heterocycles. The smallest absolute Gasteiger partial charge is 0.269 e. The highest BCUT2D eigenvalue weighted by atomic mass is 16.6. The molecule has 6 heteroatoms. The Morgan fingerprint density at radius 1 is 1.16 bits per heavy atom. The number of aromatic nitrogens is 2. The fraction of sp³-hybridized carbons (Fsp3) is 0. The molecule has 2 aromatic heterocycles. The molecular formula is C13H9N3O3. The van der Waals surface area contributed by atoms with E-state index in [0.717, 1.165) is 5.52 Å². The van der Waals surface area contributed by atoms with E-state index in [9.17, 15) is 10.1 Å². The van der Waals surface area contributed by atoms with Crippen molar-refractivity contribution >= 4 is 11.2 Å². The molecule has 0 bridgehead atoms. The first-order valence-corrected chi connectivity index (χ1v) is 5.59.